The highest BCUT2D eigenvalue weighted by Gasteiger charge is 2.18. The van der Waals surface area contributed by atoms with Gasteiger partial charge in [0.05, 0.1) is 4.92 Å². The van der Waals surface area contributed by atoms with Gasteiger partial charge in [0, 0.05) is 12.3 Å². The maximum atomic E-state index is 10.7. The van der Waals surface area contributed by atoms with Crippen molar-refractivity contribution >= 4 is 23.4 Å². The standard InChI is InChI=1S/C8H12N4O2S/c1-5(2)15-7-6(12(13)14)4-10-8(9-3)11-7/h4-5H,1-3H3,(H,9,10,11). The minimum absolute atomic E-state index is 0.0484. The number of nitro groups is 1. The first kappa shape index (κ1) is 11.7. The van der Waals surface area contributed by atoms with Crippen molar-refractivity contribution in [3.63, 3.8) is 0 Å². The van der Waals surface area contributed by atoms with Gasteiger partial charge in [-0.05, 0) is 0 Å². The smallest absolute Gasteiger partial charge is 0.319 e. The van der Waals surface area contributed by atoms with E-state index in [2.05, 4.69) is 15.3 Å². The van der Waals surface area contributed by atoms with Crippen LogP contribution in [0.1, 0.15) is 13.8 Å². The second-order valence-corrected chi connectivity index (χ2v) is 4.62. The average Bonchev–Trinajstić information content (AvgIpc) is 2.16. The number of hydrogen-bond acceptors (Lipinski definition) is 6. The molecule has 1 rings (SSSR count). The number of nitrogens with zero attached hydrogens (tertiary/aromatic N) is 3. The largest absolute Gasteiger partial charge is 0.357 e. The summed E-state index contributed by atoms with van der Waals surface area (Å²) in [6.45, 7) is 3.91. The molecule has 0 fully saturated rings. The van der Waals surface area contributed by atoms with Crippen molar-refractivity contribution in [2.75, 3.05) is 12.4 Å². The number of anilines is 1. The molecule has 0 spiro atoms. The van der Waals surface area contributed by atoms with Crippen LogP contribution in [0.5, 0.6) is 0 Å². The molecule has 15 heavy (non-hydrogen) atoms. The molecular formula is C8H12N4O2S. The number of thioether (sulfide) groups is 1. The minimum Gasteiger partial charge on any atom is -0.357 e. The molecule has 0 aromatic carbocycles. The number of nitrogens with one attached hydrogen (secondary N) is 1. The summed E-state index contributed by atoms with van der Waals surface area (Å²) in [7, 11) is 1.67. The van der Waals surface area contributed by atoms with Gasteiger partial charge in [0.1, 0.15) is 6.20 Å². The summed E-state index contributed by atoms with van der Waals surface area (Å²) in [5.74, 6) is 0.392. The van der Waals surface area contributed by atoms with E-state index < -0.39 is 4.92 Å². The summed E-state index contributed by atoms with van der Waals surface area (Å²) in [6, 6.07) is 0. The Hall–Kier alpha value is -1.37. The molecule has 1 N–H and O–H groups in total. The molecule has 0 aliphatic carbocycles. The zero-order valence-corrected chi connectivity index (χ0v) is 9.54. The molecule has 0 saturated heterocycles. The van der Waals surface area contributed by atoms with E-state index in [4.69, 9.17) is 0 Å². The fraction of sp³-hybridized carbons (Fsp3) is 0.500. The van der Waals surface area contributed by atoms with Crippen molar-refractivity contribution in [1.29, 1.82) is 0 Å². The van der Waals surface area contributed by atoms with E-state index in [0.717, 1.165) is 0 Å². The van der Waals surface area contributed by atoms with Gasteiger partial charge in [-0.3, -0.25) is 10.1 Å². The third-order valence-corrected chi connectivity index (χ3v) is 2.50. The van der Waals surface area contributed by atoms with E-state index in [1.807, 2.05) is 13.8 Å². The lowest BCUT2D eigenvalue weighted by Crippen LogP contribution is -2.02. The molecule has 0 saturated carbocycles. The molecule has 1 heterocycles. The Morgan fingerprint density at radius 3 is 2.73 bits per heavy atom. The maximum Gasteiger partial charge on any atom is 0.319 e. The Kier molecular flexibility index (Phi) is 3.84. The van der Waals surface area contributed by atoms with E-state index >= 15 is 0 Å². The SMILES string of the molecule is CNc1ncc([N+](=O)[O-])c(SC(C)C)n1. The van der Waals surface area contributed by atoms with Crippen LogP contribution in [0.25, 0.3) is 0 Å². The zero-order chi connectivity index (χ0) is 11.4. The van der Waals surface area contributed by atoms with Gasteiger partial charge in [0.2, 0.25) is 5.95 Å². The Labute approximate surface area is 91.7 Å². The minimum atomic E-state index is -0.468. The fourth-order valence-corrected chi connectivity index (χ4v) is 1.75. The number of aromatic nitrogens is 2. The first-order valence-corrected chi connectivity index (χ1v) is 5.28. The van der Waals surface area contributed by atoms with E-state index in [1.54, 1.807) is 7.05 Å². The van der Waals surface area contributed by atoms with Gasteiger partial charge < -0.3 is 5.32 Å². The first-order chi connectivity index (χ1) is 7.04. The highest BCUT2D eigenvalue weighted by atomic mass is 32.2. The van der Waals surface area contributed by atoms with Crippen molar-refractivity contribution in [2.24, 2.45) is 0 Å². The molecule has 1 aromatic rings. The van der Waals surface area contributed by atoms with Crippen LogP contribution in [-0.4, -0.2) is 27.2 Å². The van der Waals surface area contributed by atoms with Crippen molar-refractivity contribution < 1.29 is 4.92 Å². The quantitative estimate of drug-likeness (QED) is 0.367. The average molecular weight is 228 g/mol. The van der Waals surface area contributed by atoms with Crippen LogP contribution in [-0.2, 0) is 0 Å². The molecule has 7 heteroatoms. The maximum absolute atomic E-state index is 10.7. The lowest BCUT2D eigenvalue weighted by molar-refractivity contribution is -0.388. The van der Waals surface area contributed by atoms with Gasteiger partial charge in [-0.15, -0.1) is 0 Å². The molecule has 0 aliphatic heterocycles. The number of rotatable bonds is 4. The summed E-state index contributed by atoms with van der Waals surface area (Å²) in [4.78, 5) is 18.1. The summed E-state index contributed by atoms with van der Waals surface area (Å²) < 4.78 is 0. The Morgan fingerprint density at radius 2 is 2.27 bits per heavy atom. The van der Waals surface area contributed by atoms with Crippen molar-refractivity contribution in [3.8, 4) is 0 Å². The second-order valence-electron chi connectivity index (χ2n) is 3.06. The fourth-order valence-electron chi connectivity index (χ4n) is 0.916. The normalized spacial score (nSPS) is 10.4. The molecule has 6 nitrogen and oxygen atoms in total. The predicted octanol–water partition coefficient (Wildman–Crippen LogP) is 1.93. The molecule has 1 aromatic heterocycles. The zero-order valence-electron chi connectivity index (χ0n) is 8.72. The topological polar surface area (TPSA) is 81.0 Å². The highest BCUT2D eigenvalue weighted by molar-refractivity contribution is 7.99. The van der Waals surface area contributed by atoms with Gasteiger partial charge in [0.15, 0.2) is 5.03 Å². The molecule has 0 bridgehead atoms. The molecule has 82 valence electrons. The Balaban J connectivity index is 3.10. The van der Waals surface area contributed by atoms with Crippen LogP contribution in [0.2, 0.25) is 0 Å². The van der Waals surface area contributed by atoms with Crippen LogP contribution < -0.4 is 5.32 Å². The molecule has 0 unspecified atom stereocenters. The van der Waals surface area contributed by atoms with Crippen molar-refractivity contribution in [2.45, 2.75) is 24.1 Å². The van der Waals surface area contributed by atoms with Crippen LogP contribution in [0.15, 0.2) is 11.2 Å². The van der Waals surface area contributed by atoms with Gasteiger partial charge in [-0.25, -0.2) is 4.98 Å². The molecular weight excluding hydrogens is 216 g/mol. The van der Waals surface area contributed by atoms with Gasteiger partial charge >= 0.3 is 5.69 Å². The van der Waals surface area contributed by atoms with E-state index in [9.17, 15) is 10.1 Å². The van der Waals surface area contributed by atoms with Crippen molar-refractivity contribution in [3.05, 3.63) is 16.3 Å². The van der Waals surface area contributed by atoms with Crippen LogP contribution >= 0.6 is 11.8 Å². The molecule has 0 aliphatic rings. The third kappa shape index (κ3) is 3.05. The van der Waals surface area contributed by atoms with E-state index in [0.29, 0.717) is 11.0 Å². The molecule has 0 atom stereocenters. The summed E-state index contributed by atoms with van der Waals surface area (Å²) >= 11 is 1.35. The van der Waals surface area contributed by atoms with Gasteiger partial charge in [-0.1, -0.05) is 25.6 Å². The monoisotopic (exact) mass is 228 g/mol. The molecule has 0 amide bonds. The predicted molar refractivity (Wildman–Crippen MR) is 59.2 cm³/mol. The Morgan fingerprint density at radius 1 is 1.60 bits per heavy atom. The van der Waals surface area contributed by atoms with Crippen LogP contribution in [0.3, 0.4) is 0 Å². The number of hydrogen-bond donors (Lipinski definition) is 1. The Bertz CT molecular complexity index is 370. The lowest BCUT2D eigenvalue weighted by atomic mass is 10.5. The third-order valence-electron chi connectivity index (χ3n) is 1.50. The molecule has 0 radical (unpaired) electrons. The summed E-state index contributed by atoms with van der Waals surface area (Å²) in [5, 5.41) is 14.1. The van der Waals surface area contributed by atoms with Crippen LogP contribution in [0.4, 0.5) is 11.6 Å². The first-order valence-electron chi connectivity index (χ1n) is 4.40. The van der Waals surface area contributed by atoms with Gasteiger partial charge in [0.25, 0.3) is 0 Å². The van der Waals surface area contributed by atoms with E-state index in [1.165, 1.54) is 18.0 Å². The lowest BCUT2D eigenvalue weighted by Gasteiger charge is -2.05. The van der Waals surface area contributed by atoms with Crippen LogP contribution in [0, 0.1) is 10.1 Å². The summed E-state index contributed by atoms with van der Waals surface area (Å²) in [5.41, 5.74) is -0.0484. The highest BCUT2D eigenvalue weighted by Crippen LogP contribution is 2.29. The van der Waals surface area contributed by atoms with Crippen molar-refractivity contribution in [1.82, 2.24) is 9.97 Å². The van der Waals surface area contributed by atoms with Gasteiger partial charge in [-0.2, -0.15) is 4.98 Å². The second kappa shape index (κ2) is 4.92. The summed E-state index contributed by atoms with van der Waals surface area (Å²) in [6.07, 6.45) is 1.23. The van der Waals surface area contributed by atoms with E-state index in [-0.39, 0.29) is 10.9 Å².